The van der Waals surface area contributed by atoms with E-state index in [2.05, 4.69) is 25.3 Å². The van der Waals surface area contributed by atoms with Crippen molar-refractivity contribution >= 4 is 22.7 Å². The summed E-state index contributed by atoms with van der Waals surface area (Å²) in [5.41, 5.74) is 1.98. The molecule has 2 unspecified atom stereocenters. The van der Waals surface area contributed by atoms with E-state index in [4.69, 9.17) is 28.4 Å². The van der Waals surface area contributed by atoms with Crippen molar-refractivity contribution < 1.29 is 38.0 Å². The van der Waals surface area contributed by atoms with Gasteiger partial charge in [0.15, 0.2) is 12.2 Å². The van der Waals surface area contributed by atoms with Gasteiger partial charge in [-0.15, -0.1) is 0 Å². The summed E-state index contributed by atoms with van der Waals surface area (Å²) in [5.74, 6) is 0.336. The van der Waals surface area contributed by atoms with Crippen LogP contribution < -0.4 is 9.47 Å². The number of benzene rings is 2. The normalized spacial score (nSPS) is 13.8. The fourth-order valence-corrected chi connectivity index (χ4v) is 4.02. The first kappa shape index (κ1) is 27.0. The summed E-state index contributed by atoms with van der Waals surface area (Å²) < 4.78 is 33.7. The van der Waals surface area contributed by atoms with Crippen LogP contribution in [-0.2, 0) is 41.4 Å². The van der Waals surface area contributed by atoms with Gasteiger partial charge in [0.1, 0.15) is 24.7 Å². The van der Waals surface area contributed by atoms with Crippen LogP contribution in [0.1, 0.15) is 11.1 Å². The number of hydrogen-bond donors (Lipinski definition) is 0. The minimum atomic E-state index is -0.598. The molecule has 0 saturated carbocycles. The molecule has 0 radical (unpaired) electrons. The van der Waals surface area contributed by atoms with E-state index in [1.54, 1.807) is 0 Å². The smallest absolute Gasteiger partial charge is 0.330 e. The molecule has 1 aliphatic carbocycles. The Kier molecular flexibility index (Phi) is 10.1. The number of methoxy groups -OCH3 is 2. The highest BCUT2D eigenvalue weighted by atomic mass is 16.6. The molecule has 3 rings (SSSR count). The SMILES string of the molecule is C=CC(=O)OC(COC)COc1c2c(c(OCC(COC)OC(=O)C=C)c3ccccc13)CC=CC2. The van der Waals surface area contributed by atoms with Crippen LogP contribution in [-0.4, -0.2) is 64.8 Å². The maximum absolute atomic E-state index is 11.7. The fourth-order valence-electron chi connectivity index (χ4n) is 4.02. The predicted octanol–water partition coefficient (Wildman–Crippen LogP) is 3.74. The van der Waals surface area contributed by atoms with Crippen LogP contribution in [0.4, 0.5) is 0 Å². The van der Waals surface area contributed by atoms with Crippen LogP contribution in [0.5, 0.6) is 11.5 Å². The van der Waals surface area contributed by atoms with Crippen molar-refractivity contribution in [1.82, 2.24) is 0 Å². The number of esters is 2. The zero-order valence-electron chi connectivity index (χ0n) is 20.7. The van der Waals surface area contributed by atoms with E-state index in [9.17, 15) is 9.59 Å². The number of allylic oxidation sites excluding steroid dienone is 2. The number of carbonyl (C=O) groups is 2. The topological polar surface area (TPSA) is 89.5 Å². The van der Waals surface area contributed by atoms with Gasteiger partial charge in [-0.25, -0.2) is 9.59 Å². The first-order valence-electron chi connectivity index (χ1n) is 11.6. The molecule has 8 heteroatoms. The van der Waals surface area contributed by atoms with E-state index in [-0.39, 0.29) is 26.4 Å². The Bertz CT molecular complexity index is 1030. The highest BCUT2D eigenvalue weighted by molar-refractivity contribution is 5.96. The molecule has 192 valence electrons. The summed E-state index contributed by atoms with van der Waals surface area (Å²) in [6.07, 6.45) is 6.49. The monoisotopic (exact) mass is 496 g/mol. The summed E-state index contributed by atoms with van der Waals surface area (Å²) in [4.78, 5) is 23.5. The Morgan fingerprint density at radius 2 is 1.19 bits per heavy atom. The largest absolute Gasteiger partial charge is 0.489 e. The van der Waals surface area contributed by atoms with Gasteiger partial charge in [-0.2, -0.15) is 0 Å². The number of fused-ring (bicyclic) bond motifs is 2. The molecule has 2 aromatic carbocycles. The molecule has 0 bridgehead atoms. The maximum atomic E-state index is 11.7. The van der Waals surface area contributed by atoms with Crippen molar-refractivity contribution in [3.63, 3.8) is 0 Å². The molecular weight excluding hydrogens is 464 g/mol. The lowest BCUT2D eigenvalue weighted by molar-refractivity contribution is -0.148. The van der Waals surface area contributed by atoms with E-state index in [0.717, 1.165) is 34.1 Å². The van der Waals surface area contributed by atoms with Crippen molar-refractivity contribution in [2.24, 2.45) is 0 Å². The summed E-state index contributed by atoms with van der Waals surface area (Å²) in [6, 6.07) is 7.77. The predicted molar refractivity (Wildman–Crippen MR) is 135 cm³/mol. The summed E-state index contributed by atoms with van der Waals surface area (Å²) in [7, 11) is 3.07. The molecule has 1 aliphatic rings. The van der Waals surface area contributed by atoms with Crippen LogP contribution in [0, 0.1) is 0 Å². The highest BCUT2D eigenvalue weighted by Gasteiger charge is 2.25. The Morgan fingerprint density at radius 1 is 0.778 bits per heavy atom. The Balaban J connectivity index is 1.95. The lowest BCUT2D eigenvalue weighted by Gasteiger charge is -2.26. The quantitative estimate of drug-likeness (QED) is 0.222. The molecule has 0 amide bonds. The minimum Gasteiger partial charge on any atom is -0.489 e. The minimum absolute atomic E-state index is 0.112. The van der Waals surface area contributed by atoms with Crippen LogP contribution >= 0.6 is 0 Å². The molecule has 2 aromatic rings. The van der Waals surface area contributed by atoms with Crippen LogP contribution in [0.3, 0.4) is 0 Å². The fraction of sp³-hybridized carbons (Fsp3) is 0.357. The summed E-state index contributed by atoms with van der Waals surface area (Å²) >= 11 is 0. The van der Waals surface area contributed by atoms with Gasteiger partial charge in [0.05, 0.1) is 13.2 Å². The third-order valence-electron chi connectivity index (χ3n) is 5.57. The summed E-state index contributed by atoms with van der Waals surface area (Å²) in [5, 5.41) is 1.72. The number of rotatable bonds is 14. The van der Waals surface area contributed by atoms with E-state index in [1.165, 1.54) is 14.2 Å². The Hall–Kier alpha value is -3.62. The van der Waals surface area contributed by atoms with Gasteiger partial charge >= 0.3 is 11.9 Å². The molecule has 0 heterocycles. The van der Waals surface area contributed by atoms with Crippen LogP contribution in [0.15, 0.2) is 61.7 Å². The van der Waals surface area contributed by atoms with Crippen molar-refractivity contribution in [2.45, 2.75) is 25.0 Å². The zero-order valence-corrected chi connectivity index (χ0v) is 20.7. The van der Waals surface area contributed by atoms with Crippen molar-refractivity contribution in [3.8, 4) is 11.5 Å². The molecule has 0 fully saturated rings. The van der Waals surface area contributed by atoms with Crippen molar-refractivity contribution in [1.29, 1.82) is 0 Å². The van der Waals surface area contributed by atoms with Gasteiger partial charge < -0.3 is 28.4 Å². The molecule has 0 N–H and O–H groups in total. The van der Waals surface area contributed by atoms with Gasteiger partial charge in [0.2, 0.25) is 0 Å². The van der Waals surface area contributed by atoms with Crippen LogP contribution in [0.2, 0.25) is 0 Å². The molecule has 36 heavy (non-hydrogen) atoms. The number of carbonyl (C=O) groups excluding carboxylic acids is 2. The van der Waals surface area contributed by atoms with Crippen LogP contribution in [0.25, 0.3) is 10.8 Å². The van der Waals surface area contributed by atoms with Crippen molar-refractivity contribution in [2.75, 3.05) is 40.6 Å². The first-order valence-corrected chi connectivity index (χ1v) is 11.6. The number of hydrogen-bond acceptors (Lipinski definition) is 8. The number of ether oxygens (including phenoxy) is 6. The van der Waals surface area contributed by atoms with E-state index < -0.39 is 24.1 Å². The average Bonchev–Trinajstić information content (AvgIpc) is 2.90. The molecular formula is C28H32O8. The molecule has 0 aromatic heterocycles. The second-order valence-electron chi connectivity index (χ2n) is 8.10. The molecule has 0 spiro atoms. The summed E-state index contributed by atoms with van der Waals surface area (Å²) in [6.45, 7) is 7.48. The second-order valence-corrected chi connectivity index (χ2v) is 8.10. The molecule has 0 aliphatic heterocycles. The average molecular weight is 497 g/mol. The van der Waals surface area contributed by atoms with Gasteiger partial charge in [-0.05, 0) is 12.8 Å². The maximum Gasteiger partial charge on any atom is 0.330 e. The van der Waals surface area contributed by atoms with Gasteiger partial charge in [-0.3, -0.25) is 0 Å². The highest BCUT2D eigenvalue weighted by Crippen LogP contribution is 2.43. The lowest BCUT2D eigenvalue weighted by Crippen LogP contribution is -2.29. The van der Waals surface area contributed by atoms with E-state index >= 15 is 0 Å². The molecule has 8 nitrogen and oxygen atoms in total. The molecule has 0 saturated heterocycles. The standard InChI is InChI=1S/C28H32O8/c1-5-25(29)35-19(15-31-3)17-33-27-21-11-7-9-13-23(21)28(24-14-10-8-12-22(24)27)34-18-20(16-32-4)36-26(30)6-2/h5-11,13,19-20H,1-2,12,14-18H2,3-4H3. The van der Waals surface area contributed by atoms with E-state index in [1.807, 2.05) is 24.3 Å². The van der Waals surface area contributed by atoms with E-state index in [0.29, 0.717) is 24.3 Å². The Morgan fingerprint density at radius 3 is 1.56 bits per heavy atom. The van der Waals surface area contributed by atoms with Gasteiger partial charge in [0.25, 0.3) is 0 Å². The van der Waals surface area contributed by atoms with Gasteiger partial charge in [0, 0.05) is 48.3 Å². The van der Waals surface area contributed by atoms with Gasteiger partial charge in [-0.1, -0.05) is 49.6 Å². The lowest BCUT2D eigenvalue weighted by atomic mass is 9.90. The first-order chi connectivity index (χ1) is 17.5. The Labute approximate surface area is 211 Å². The van der Waals surface area contributed by atoms with Crippen molar-refractivity contribution in [3.05, 3.63) is 72.9 Å². The third-order valence-corrected chi connectivity index (χ3v) is 5.57. The second kappa shape index (κ2) is 13.5. The zero-order chi connectivity index (χ0) is 25.9. The third kappa shape index (κ3) is 6.74. The molecule has 2 atom stereocenters.